The average molecular weight is 366 g/mol. The molecule has 6 nitrogen and oxygen atoms in total. The first-order valence-corrected chi connectivity index (χ1v) is 9.62. The summed E-state index contributed by atoms with van der Waals surface area (Å²) in [6, 6.07) is 10.3. The van der Waals surface area contributed by atoms with Crippen LogP contribution in [0, 0.1) is 5.92 Å². The Kier molecular flexibility index (Phi) is 4.99. The van der Waals surface area contributed by atoms with E-state index in [9.17, 15) is 9.90 Å². The first kappa shape index (κ1) is 17.8. The summed E-state index contributed by atoms with van der Waals surface area (Å²) in [6.07, 6.45) is 5.39. The molecule has 27 heavy (non-hydrogen) atoms. The molecule has 0 spiro atoms. The zero-order chi connectivity index (χ0) is 18.8. The van der Waals surface area contributed by atoms with Gasteiger partial charge in [0.05, 0.1) is 5.69 Å². The summed E-state index contributed by atoms with van der Waals surface area (Å²) in [6.45, 7) is 2.21. The predicted octanol–water partition coefficient (Wildman–Crippen LogP) is 2.94. The fraction of sp³-hybridized carbons (Fsp3) is 0.429. The monoisotopic (exact) mass is 366 g/mol. The van der Waals surface area contributed by atoms with Crippen molar-refractivity contribution in [1.82, 2.24) is 4.98 Å². The average Bonchev–Trinajstić information content (AvgIpc) is 2.72. The highest BCUT2D eigenvalue weighted by Gasteiger charge is 2.22. The van der Waals surface area contributed by atoms with Gasteiger partial charge in [-0.05, 0) is 55.0 Å². The largest absolute Gasteiger partial charge is 0.396 e. The minimum absolute atomic E-state index is 0.145. The van der Waals surface area contributed by atoms with E-state index in [4.69, 9.17) is 0 Å². The van der Waals surface area contributed by atoms with Crippen LogP contribution >= 0.6 is 0 Å². The summed E-state index contributed by atoms with van der Waals surface area (Å²) in [5.41, 5.74) is 4.19. The lowest BCUT2D eigenvalue weighted by Gasteiger charge is -2.33. The Balaban J connectivity index is 1.47. The third kappa shape index (κ3) is 3.76. The molecule has 6 heteroatoms. The van der Waals surface area contributed by atoms with E-state index >= 15 is 0 Å². The van der Waals surface area contributed by atoms with Crippen molar-refractivity contribution in [1.29, 1.82) is 0 Å². The number of carbonyl (C=O) groups is 1. The summed E-state index contributed by atoms with van der Waals surface area (Å²) in [5, 5.41) is 12.7. The number of benzene rings is 1. The number of aromatic nitrogens is 1. The standard InChI is InChI=1S/C21H26N4O2/c1-24-19-11-20(22-12-16(19)4-9-21(24)27)23-17-5-7-18(8-6-17)25-10-2-3-15(13-25)14-26/h5-8,11-12,15,26H,2-4,9-10,13-14H2,1H3,(H,22,23). The number of nitrogens with zero attached hydrogens (tertiary/aromatic N) is 3. The molecule has 0 radical (unpaired) electrons. The number of hydrogen-bond acceptors (Lipinski definition) is 5. The highest BCUT2D eigenvalue weighted by atomic mass is 16.3. The van der Waals surface area contributed by atoms with Gasteiger partial charge in [-0.1, -0.05) is 0 Å². The SMILES string of the molecule is CN1C(=O)CCc2cnc(Nc3ccc(N4CCCC(CO)C4)cc3)cc21. The normalized spacial score (nSPS) is 19.8. The maximum atomic E-state index is 11.9. The Labute approximate surface area is 159 Å². The first-order chi connectivity index (χ1) is 13.1. The third-order valence-corrected chi connectivity index (χ3v) is 5.59. The van der Waals surface area contributed by atoms with Crippen LogP contribution in [0.3, 0.4) is 0 Å². The number of aliphatic hydroxyl groups is 1. The van der Waals surface area contributed by atoms with Crippen molar-refractivity contribution in [2.75, 3.05) is 41.9 Å². The number of amides is 1. The molecule has 0 saturated carbocycles. The van der Waals surface area contributed by atoms with Gasteiger partial charge in [-0.25, -0.2) is 4.98 Å². The number of fused-ring (bicyclic) bond motifs is 1. The van der Waals surface area contributed by atoms with Crippen LogP contribution < -0.4 is 15.1 Å². The molecule has 1 amide bonds. The number of aliphatic hydroxyl groups excluding tert-OH is 1. The molecule has 2 aliphatic heterocycles. The molecule has 4 rings (SSSR count). The maximum Gasteiger partial charge on any atom is 0.227 e. The van der Waals surface area contributed by atoms with Gasteiger partial charge in [-0.3, -0.25) is 4.79 Å². The van der Waals surface area contributed by atoms with Crippen molar-refractivity contribution < 1.29 is 9.90 Å². The first-order valence-electron chi connectivity index (χ1n) is 9.62. The van der Waals surface area contributed by atoms with Crippen LogP contribution in [0.4, 0.5) is 22.9 Å². The Bertz CT molecular complexity index is 821. The maximum absolute atomic E-state index is 11.9. The molecule has 2 N–H and O–H groups in total. The summed E-state index contributed by atoms with van der Waals surface area (Å²) < 4.78 is 0. The lowest BCUT2D eigenvalue weighted by molar-refractivity contribution is -0.118. The second-order valence-electron chi connectivity index (χ2n) is 7.46. The van der Waals surface area contributed by atoms with Gasteiger partial charge in [0.15, 0.2) is 0 Å². The number of rotatable bonds is 4. The third-order valence-electron chi connectivity index (χ3n) is 5.59. The van der Waals surface area contributed by atoms with Gasteiger partial charge in [-0.2, -0.15) is 0 Å². The van der Waals surface area contributed by atoms with Crippen molar-refractivity contribution in [3.05, 3.63) is 42.1 Å². The summed E-state index contributed by atoms with van der Waals surface area (Å²) in [7, 11) is 1.82. The Morgan fingerprint density at radius 3 is 2.85 bits per heavy atom. The van der Waals surface area contributed by atoms with E-state index < -0.39 is 0 Å². The molecule has 1 atom stereocenters. The second kappa shape index (κ2) is 7.56. The van der Waals surface area contributed by atoms with E-state index in [0.717, 1.165) is 55.1 Å². The van der Waals surface area contributed by atoms with E-state index in [1.807, 2.05) is 31.4 Å². The van der Waals surface area contributed by atoms with Gasteiger partial charge in [0.2, 0.25) is 5.91 Å². The van der Waals surface area contributed by atoms with Gasteiger partial charge in [0.25, 0.3) is 0 Å². The van der Waals surface area contributed by atoms with Crippen molar-refractivity contribution in [3.8, 4) is 0 Å². The number of carbonyl (C=O) groups excluding carboxylic acids is 1. The van der Waals surface area contributed by atoms with Crippen LogP contribution in [0.1, 0.15) is 24.8 Å². The highest BCUT2D eigenvalue weighted by molar-refractivity contribution is 5.96. The van der Waals surface area contributed by atoms with Crippen LogP contribution in [0.25, 0.3) is 0 Å². The number of anilines is 4. The molecule has 3 heterocycles. The Morgan fingerprint density at radius 2 is 2.07 bits per heavy atom. The van der Waals surface area contributed by atoms with Gasteiger partial charge >= 0.3 is 0 Å². The summed E-state index contributed by atoms with van der Waals surface area (Å²) in [5.74, 6) is 1.25. The lowest BCUT2D eigenvalue weighted by atomic mass is 9.98. The molecule has 1 aromatic carbocycles. The van der Waals surface area contributed by atoms with E-state index in [-0.39, 0.29) is 12.5 Å². The Morgan fingerprint density at radius 1 is 1.26 bits per heavy atom. The van der Waals surface area contributed by atoms with Gasteiger partial charge < -0.3 is 20.2 Å². The minimum atomic E-state index is 0.145. The molecule has 1 unspecified atom stereocenters. The van der Waals surface area contributed by atoms with Crippen molar-refractivity contribution in [3.63, 3.8) is 0 Å². The van der Waals surface area contributed by atoms with E-state index in [2.05, 4.69) is 27.3 Å². The van der Waals surface area contributed by atoms with Crippen LogP contribution in [0.5, 0.6) is 0 Å². The summed E-state index contributed by atoms with van der Waals surface area (Å²) >= 11 is 0. The molecule has 0 aliphatic carbocycles. The van der Waals surface area contributed by atoms with Crippen LogP contribution in [0.2, 0.25) is 0 Å². The van der Waals surface area contributed by atoms with Gasteiger partial charge in [-0.15, -0.1) is 0 Å². The Hall–Kier alpha value is -2.60. The van der Waals surface area contributed by atoms with E-state index in [0.29, 0.717) is 12.3 Å². The van der Waals surface area contributed by atoms with Crippen LogP contribution in [-0.4, -0.2) is 42.7 Å². The highest BCUT2D eigenvalue weighted by Crippen LogP contribution is 2.30. The van der Waals surface area contributed by atoms with E-state index in [1.54, 1.807) is 4.90 Å². The molecular formula is C21H26N4O2. The lowest BCUT2D eigenvalue weighted by Crippen LogP contribution is -2.36. The molecule has 2 aliphatic rings. The fourth-order valence-corrected chi connectivity index (χ4v) is 3.94. The van der Waals surface area contributed by atoms with Gasteiger partial charge in [0, 0.05) is 56.8 Å². The van der Waals surface area contributed by atoms with Crippen molar-refractivity contribution >= 4 is 28.8 Å². The molecule has 2 aromatic rings. The molecule has 0 bridgehead atoms. The molecule has 142 valence electrons. The smallest absolute Gasteiger partial charge is 0.227 e. The van der Waals surface area contributed by atoms with Crippen molar-refractivity contribution in [2.24, 2.45) is 5.92 Å². The second-order valence-corrected chi connectivity index (χ2v) is 7.46. The number of nitrogens with one attached hydrogen (secondary N) is 1. The number of aryl methyl sites for hydroxylation is 1. The zero-order valence-electron chi connectivity index (χ0n) is 15.7. The van der Waals surface area contributed by atoms with Crippen molar-refractivity contribution in [2.45, 2.75) is 25.7 Å². The van der Waals surface area contributed by atoms with Gasteiger partial charge in [0.1, 0.15) is 5.82 Å². The molecular weight excluding hydrogens is 340 g/mol. The van der Waals surface area contributed by atoms with Crippen LogP contribution in [-0.2, 0) is 11.2 Å². The molecule has 1 saturated heterocycles. The number of pyridine rings is 1. The fourth-order valence-electron chi connectivity index (χ4n) is 3.94. The van der Waals surface area contributed by atoms with Crippen LogP contribution in [0.15, 0.2) is 36.5 Å². The summed E-state index contributed by atoms with van der Waals surface area (Å²) in [4.78, 5) is 20.5. The number of piperidine rings is 1. The molecule has 1 aromatic heterocycles. The zero-order valence-corrected chi connectivity index (χ0v) is 15.7. The quantitative estimate of drug-likeness (QED) is 0.871. The predicted molar refractivity (Wildman–Crippen MR) is 108 cm³/mol. The minimum Gasteiger partial charge on any atom is -0.396 e. The number of hydrogen-bond donors (Lipinski definition) is 2. The topological polar surface area (TPSA) is 68.7 Å². The molecule has 1 fully saturated rings. The van der Waals surface area contributed by atoms with E-state index in [1.165, 1.54) is 5.69 Å².